The minimum Gasteiger partial charge on any atom is -0.387 e. The Morgan fingerprint density at radius 1 is 1.50 bits per heavy atom. The van der Waals surface area contributed by atoms with E-state index in [0.29, 0.717) is 18.2 Å². The maximum absolute atomic E-state index is 10.2. The van der Waals surface area contributed by atoms with Crippen LogP contribution in [-0.4, -0.2) is 40.6 Å². The molecule has 0 aromatic heterocycles. The van der Waals surface area contributed by atoms with Gasteiger partial charge in [0.25, 0.3) is 0 Å². The molecule has 1 aliphatic heterocycles. The number of aliphatic hydroxyl groups is 1. The van der Waals surface area contributed by atoms with Crippen LogP contribution in [-0.2, 0) is 0 Å². The Morgan fingerprint density at radius 3 is 2.83 bits per heavy atom. The van der Waals surface area contributed by atoms with Gasteiger partial charge in [-0.25, -0.2) is 0 Å². The zero-order chi connectivity index (χ0) is 13.0. The Kier molecular flexibility index (Phi) is 4.65. The smallest absolute Gasteiger partial charge is 0.0991 e. The molecule has 0 bridgehead atoms. The van der Waals surface area contributed by atoms with Crippen molar-refractivity contribution in [2.45, 2.75) is 19.1 Å². The van der Waals surface area contributed by atoms with Gasteiger partial charge in [-0.15, -0.1) is 0 Å². The van der Waals surface area contributed by atoms with Crippen LogP contribution < -0.4 is 0 Å². The molecule has 1 aliphatic rings. The van der Waals surface area contributed by atoms with Gasteiger partial charge in [0.15, 0.2) is 0 Å². The van der Waals surface area contributed by atoms with E-state index in [1.165, 1.54) is 0 Å². The molecule has 1 aromatic rings. The predicted molar refractivity (Wildman–Crippen MR) is 74.5 cm³/mol. The van der Waals surface area contributed by atoms with Crippen molar-refractivity contribution in [1.29, 1.82) is 5.26 Å². The van der Waals surface area contributed by atoms with Crippen LogP contribution in [0.1, 0.15) is 24.2 Å². The molecule has 2 atom stereocenters. The third-order valence-corrected chi connectivity index (χ3v) is 4.53. The first kappa shape index (κ1) is 13.4. The SMILES string of the molecule is CC1CSCCN1CC(O)c1ccc(C#N)cc1. The number of benzene rings is 1. The third-order valence-electron chi connectivity index (χ3n) is 3.34. The average Bonchev–Trinajstić information content (AvgIpc) is 2.41. The molecule has 2 unspecified atom stereocenters. The number of thioether (sulfide) groups is 1. The molecule has 0 radical (unpaired) electrons. The highest BCUT2D eigenvalue weighted by Crippen LogP contribution is 2.21. The lowest BCUT2D eigenvalue weighted by molar-refractivity contribution is 0.0989. The van der Waals surface area contributed by atoms with Crippen LogP contribution in [0.25, 0.3) is 0 Å². The van der Waals surface area contributed by atoms with Crippen molar-refractivity contribution in [1.82, 2.24) is 4.90 Å². The van der Waals surface area contributed by atoms with Crippen LogP contribution in [0.4, 0.5) is 0 Å². The molecule has 1 fully saturated rings. The maximum Gasteiger partial charge on any atom is 0.0991 e. The van der Waals surface area contributed by atoms with Crippen molar-refractivity contribution in [2.24, 2.45) is 0 Å². The van der Waals surface area contributed by atoms with Crippen molar-refractivity contribution >= 4 is 11.8 Å². The van der Waals surface area contributed by atoms with Gasteiger partial charge in [-0.05, 0) is 24.6 Å². The minimum atomic E-state index is -0.469. The van der Waals surface area contributed by atoms with Crippen LogP contribution in [0.3, 0.4) is 0 Å². The zero-order valence-corrected chi connectivity index (χ0v) is 11.4. The van der Waals surface area contributed by atoms with Crippen LogP contribution in [0.2, 0.25) is 0 Å². The number of rotatable bonds is 3. The Labute approximate surface area is 112 Å². The summed E-state index contributed by atoms with van der Waals surface area (Å²) in [5.74, 6) is 2.28. The lowest BCUT2D eigenvalue weighted by atomic mass is 10.1. The number of nitriles is 1. The minimum absolute atomic E-state index is 0.469. The van der Waals surface area contributed by atoms with E-state index >= 15 is 0 Å². The number of hydrogen-bond donors (Lipinski definition) is 1. The summed E-state index contributed by atoms with van der Waals surface area (Å²) >= 11 is 1.98. The fourth-order valence-corrected chi connectivity index (χ4v) is 3.22. The highest BCUT2D eigenvalue weighted by molar-refractivity contribution is 7.99. The Morgan fingerprint density at radius 2 is 2.22 bits per heavy atom. The van der Waals surface area contributed by atoms with Crippen LogP contribution in [0.15, 0.2) is 24.3 Å². The van der Waals surface area contributed by atoms with E-state index < -0.39 is 6.10 Å². The monoisotopic (exact) mass is 262 g/mol. The van der Waals surface area contributed by atoms with E-state index in [4.69, 9.17) is 5.26 Å². The van der Waals surface area contributed by atoms with Gasteiger partial charge in [0.1, 0.15) is 0 Å². The number of aliphatic hydroxyl groups excluding tert-OH is 1. The van der Waals surface area contributed by atoms with Gasteiger partial charge >= 0.3 is 0 Å². The predicted octanol–water partition coefficient (Wildman–Crippen LogP) is 2.03. The van der Waals surface area contributed by atoms with Gasteiger partial charge in [-0.2, -0.15) is 17.0 Å². The molecule has 18 heavy (non-hydrogen) atoms. The summed E-state index contributed by atoms with van der Waals surface area (Å²) in [6, 6.07) is 9.81. The molecular weight excluding hydrogens is 244 g/mol. The van der Waals surface area contributed by atoms with Gasteiger partial charge in [0.2, 0.25) is 0 Å². The van der Waals surface area contributed by atoms with Gasteiger partial charge < -0.3 is 5.11 Å². The quantitative estimate of drug-likeness (QED) is 0.905. The fraction of sp³-hybridized carbons (Fsp3) is 0.500. The average molecular weight is 262 g/mol. The summed E-state index contributed by atoms with van der Waals surface area (Å²) in [5, 5.41) is 19.0. The highest BCUT2D eigenvalue weighted by Gasteiger charge is 2.21. The lowest BCUT2D eigenvalue weighted by Crippen LogP contribution is -2.42. The molecule has 0 spiro atoms. The third kappa shape index (κ3) is 3.26. The van der Waals surface area contributed by atoms with E-state index in [9.17, 15) is 5.11 Å². The van der Waals surface area contributed by atoms with Crippen molar-refractivity contribution in [3.8, 4) is 6.07 Å². The maximum atomic E-state index is 10.2. The second kappa shape index (κ2) is 6.24. The van der Waals surface area contributed by atoms with Crippen LogP contribution >= 0.6 is 11.8 Å². The molecule has 1 heterocycles. The normalized spacial score (nSPS) is 22.4. The molecule has 96 valence electrons. The summed E-state index contributed by atoms with van der Waals surface area (Å²) in [5.41, 5.74) is 1.52. The summed E-state index contributed by atoms with van der Waals surface area (Å²) in [7, 11) is 0. The Bertz CT molecular complexity index is 426. The molecule has 1 aromatic carbocycles. The summed E-state index contributed by atoms with van der Waals surface area (Å²) in [6.45, 7) is 3.92. The molecular formula is C14H18N2OS. The standard InChI is InChI=1S/C14H18N2OS/c1-11-10-18-7-6-16(11)9-14(17)13-4-2-12(8-15)3-5-13/h2-5,11,14,17H,6-7,9-10H2,1H3. The molecule has 4 heteroatoms. The van der Waals surface area contributed by atoms with Crippen LogP contribution in [0.5, 0.6) is 0 Å². The lowest BCUT2D eigenvalue weighted by Gasteiger charge is -2.34. The van der Waals surface area contributed by atoms with Crippen molar-refractivity contribution in [2.75, 3.05) is 24.6 Å². The van der Waals surface area contributed by atoms with Crippen molar-refractivity contribution < 1.29 is 5.11 Å². The van der Waals surface area contributed by atoms with E-state index in [2.05, 4.69) is 17.9 Å². The topological polar surface area (TPSA) is 47.3 Å². The second-order valence-corrected chi connectivity index (χ2v) is 5.82. The van der Waals surface area contributed by atoms with Gasteiger partial charge in [0, 0.05) is 30.6 Å². The van der Waals surface area contributed by atoms with Gasteiger partial charge in [0.05, 0.1) is 17.7 Å². The van der Waals surface area contributed by atoms with E-state index in [1.54, 1.807) is 12.1 Å². The fourth-order valence-electron chi connectivity index (χ4n) is 2.14. The van der Waals surface area contributed by atoms with Gasteiger partial charge in [-0.3, -0.25) is 4.90 Å². The first-order valence-electron chi connectivity index (χ1n) is 6.20. The molecule has 3 nitrogen and oxygen atoms in total. The number of β-amino-alcohol motifs (C(OH)–C–C–N with tert-alkyl or cyclic N) is 1. The van der Waals surface area contributed by atoms with Crippen LogP contribution in [0, 0.1) is 11.3 Å². The first-order valence-corrected chi connectivity index (χ1v) is 7.36. The Hall–Kier alpha value is -1.02. The summed E-state index contributed by atoms with van der Waals surface area (Å²) in [6.07, 6.45) is -0.469. The Balaban J connectivity index is 1.98. The number of hydrogen-bond acceptors (Lipinski definition) is 4. The van der Waals surface area contributed by atoms with E-state index in [1.807, 2.05) is 23.9 Å². The first-order chi connectivity index (χ1) is 8.70. The number of nitrogens with zero attached hydrogens (tertiary/aromatic N) is 2. The van der Waals surface area contributed by atoms with Crippen molar-refractivity contribution in [3.05, 3.63) is 35.4 Å². The van der Waals surface area contributed by atoms with Crippen molar-refractivity contribution in [3.63, 3.8) is 0 Å². The molecule has 1 saturated heterocycles. The highest BCUT2D eigenvalue weighted by atomic mass is 32.2. The molecule has 1 N–H and O–H groups in total. The van der Waals surface area contributed by atoms with Gasteiger partial charge in [-0.1, -0.05) is 12.1 Å². The zero-order valence-electron chi connectivity index (χ0n) is 10.5. The van der Waals surface area contributed by atoms with E-state index in [0.717, 1.165) is 23.6 Å². The molecule has 2 rings (SSSR count). The molecule has 0 saturated carbocycles. The second-order valence-electron chi connectivity index (χ2n) is 4.67. The molecule has 0 aliphatic carbocycles. The molecule has 0 amide bonds. The van der Waals surface area contributed by atoms with E-state index in [-0.39, 0.29) is 0 Å². The largest absolute Gasteiger partial charge is 0.387 e. The summed E-state index contributed by atoms with van der Waals surface area (Å²) < 4.78 is 0. The summed E-state index contributed by atoms with van der Waals surface area (Å²) in [4.78, 5) is 2.33.